The molecule has 1 aliphatic heterocycles. The number of rotatable bonds is 7. The van der Waals surface area contributed by atoms with Crippen molar-refractivity contribution in [3.63, 3.8) is 0 Å². The molecule has 0 saturated heterocycles. The Morgan fingerprint density at radius 1 is 1.10 bits per heavy atom. The molecule has 2 aromatic carbocycles. The van der Waals surface area contributed by atoms with Crippen LogP contribution in [0, 0.1) is 10.1 Å². The van der Waals surface area contributed by atoms with Crippen LogP contribution in [-0.4, -0.2) is 21.4 Å². The molecule has 0 atom stereocenters. The molecule has 7 nitrogen and oxygen atoms in total. The van der Waals surface area contributed by atoms with E-state index in [9.17, 15) is 10.1 Å². The van der Waals surface area contributed by atoms with Gasteiger partial charge in [0.15, 0.2) is 0 Å². The highest BCUT2D eigenvalue weighted by molar-refractivity contribution is 5.74. The number of nitrogens with one attached hydrogen (secondary N) is 1. The number of aryl methyl sites for hydroxylation is 1. The Bertz CT molecular complexity index is 1040. The molecule has 2 heterocycles. The zero-order valence-corrected chi connectivity index (χ0v) is 17.0. The van der Waals surface area contributed by atoms with Crippen LogP contribution >= 0.6 is 0 Å². The second-order valence-corrected chi connectivity index (χ2v) is 7.52. The molecule has 7 heteroatoms. The second-order valence-electron chi connectivity index (χ2n) is 7.52. The summed E-state index contributed by atoms with van der Waals surface area (Å²) in [5.74, 6) is 0.566. The largest absolute Gasteiger partial charge is 0.353 e. The molecule has 0 fully saturated rings. The van der Waals surface area contributed by atoms with Crippen molar-refractivity contribution in [3.05, 3.63) is 81.7 Å². The Labute approximate surface area is 175 Å². The topological polar surface area (TPSA) is 84.2 Å². The molecule has 0 bridgehead atoms. The molecule has 1 N–H and O–H groups in total. The highest BCUT2D eigenvalue weighted by Gasteiger charge is 2.29. The van der Waals surface area contributed by atoms with Crippen molar-refractivity contribution >= 4 is 23.0 Å². The predicted octanol–water partition coefficient (Wildman–Crippen LogP) is 5.03. The summed E-state index contributed by atoms with van der Waals surface area (Å²) in [6.07, 6.45) is 5.55. The van der Waals surface area contributed by atoms with E-state index in [-0.39, 0.29) is 11.5 Å². The third-order valence-corrected chi connectivity index (χ3v) is 5.45. The lowest BCUT2D eigenvalue weighted by Crippen LogP contribution is -2.31. The Morgan fingerprint density at radius 2 is 1.87 bits per heavy atom. The van der Waals surface area contributed by atoms with Crippen molar-refractivity contribution in [1.29, 1.82) is 0 Å². The van der Waals surface area contributed by atoms with Gasteiger partial charge in [-0.1, -0.05) is 49.7 Å². The maximum atomic E-state index is 12.0. The molecule has 0 radical (unpaired) electrons. The number of benzene rings is 2. The third kappa shape index (κ3) is 4.25. The molecule has 1 aromatic heterocycles. The summed E-state index contributed by atoms with van der Waals surface area (Å²) < 4.78 is 0. The predicted molar refractivity (Wildman–Crippen MR) is 118 cm³/mol. The Hall–Kier alpha value is -3.48. The summed E-state index contributed by atoms with van der Waals surface area (Å²) in [7, 11) is 0. The summed E-state index contributed by atoms with van der Waals surface area (Å²) in [6.45, 7) is 3.45. The number of hydrogen-bond donors (Lipinski definition) is 1. The molecule has 1 aliphatic rings. The van der Waals surface area contributed by atoms with Crippen molar-refractivity contribution in [3.8, 4) is 0 Å². The minimum Gasteiger partial charge on any atom is -0.346 e. The second kappa shape index (κ2) is 8.90. The van der Waals surface area contributed by atoms with Gasteiger partial charge in [0.05, 0.1) is 4.92 Å². The Morgan fingerprint density at radius 3 is 2.60 bits per heavy atom. The molecule has 0 unspecified atom stereocenters. The molecule has 0 saturated carbocycles. The number of nitrogens with zero attached hydrogens (tertiary/aromatic N) is 4. The zero-order chi connectivity index (χ0) is 20.9. The first kappa shape index (κ1) is 19.8. The Balaban J connectivity index is 1.60. The van der Waals surface area contributed by atoms with Crippen LogP contribution in [0.5, 0.6) is 0 Å². The van der Waals surface area contributed by atoms with Crippen LogP contribution in [0.4, 0.5) is 23.0 Å². The number of nitro groups is 1. The van der Waals surface area contributed by atoms with E-state index in [0.29, 0.717) is 18.9 Å². The summed E-state index contributed by atoms with van der Waals surface area (Å²) in [5.41, 5.74) is 4.40. The monoisotopic (exact) mass is 403 g/mol. The lowest BCUT2D eigenvalue weighted by Gasteiger charge is -2.29. The molecular weight excluding hydrogens is 378 g/mol. The van der Waals surface area contributed by atoms with Gasteiger partial charge in [0.2, 0.25) is 11.6 Å². The maximum absolute atomic E-state index is 12.0. The number of aromatic nitrogens is 2. The van der Waals surface area contributed by atoms with Crippen molar-refractivity contribution in [2.75, 3.05) is 16.8 Å². The smallest absolute Gasteiger partial charge is 0.346 e. The molecule has 0 spiro atoms. The van der Waals surface area contributed by atoms with Gasteiger partial charge in [-0.25, -0.2) is 9.97 Å². The van der Waals surface area contributed by atoms with Crippen LogP contribution < -0.4 is 10.2 Å². The third-order valence-electron chi connectivity index (χ3n) is 5.45. The van der Waals surface area contributed by atoms with Crippen LogP contribution in [-0.2, 0) is 19.4 Å². The van der Waals surface area contributed by atoms with Crippen molar-refractivity contribution in [1.82, 2.24) is 9.97 Å². The fraction of sp³-hybridized carbons (Fsp3) is 0.304. The van der Waals surface area contributed by atoms with Crippen molar-refractivity contribution < 1.29 is 4.92 Å². The van der Waals surface area contributed by atoms with Crippen molar-refractivity contribution in [2.24, 2.45) is 0 Å². The first-order chi connectivity index (χ1) is 14.7. The fourth-order valence-electron chi connectivity index (χ4n) is 3.81. The quantitative estimate of drug-likeness (QED) is 0.440. The average Bonchev–Trinajstić information content (AvgIpc) is 2.78. The van der Waals surface area contributed by atoms with E-state index in [2.05, 4.69) is 34.3 Å². The summed E-state index contributed by atoms with van der Waals surface area (Å²) >= 11 is 0. The highest BCUT2D eigenvalue weighted by Crippen LogP contribution is 2.35. The summed E-state index contributed by atoms with van der Waals surface area (Å²) in [6, 6.07) is 16.2. The Kier molecular flexibility index (Phi) is 5.88. The van der Waals surface area contributed by atoms with Crippen LogP contribution in [0.3, 0.4) is 0 Å². The molecule has 0 amide bonds. The molecule has 3 aromatic rings. The van der Waals surface area contributed by atoms with Gasteiger partial charge in [0.25, 0.3) is 0 Å². The lowest BCUT2D eigenvalue weighted by atomic mass is 10.00. The van der Waals surface area contributed by atoms with Gasteiger partial charge in [-0.15, -0.1) is 0 Å². The minimum absolute atomic E-state index is 0.0908. The standard InChI is InChI=1S/C23H25N5O2/c1-2-3-6-17-9-11-20(12-10-17)26-22-21(28(29)30)23(25-16-24-22)27-14-13-18-7-4-5-8-19(18)15-27/h4-5,7-12,16H,2-3,6,13-15H2,1H3,(H,24,25,26). The molecular formula is C23H25N5O2. The molecule has 4 rings (SSSR count). The van der Waals surface area contributed by atoms with Crippen LogP contribution in [0.15, 0.2) is 54.9 Å². The normalized spacial score (nSPS) is 13.0. The first-order valence-corrected chi connectivity index (χ1v) is 10.3. The van der Waals surface area contributed by atoms with Crippen LogP contribution in [0.1, 0.15) is 36.5 Å². The average molecular weight is 403 g/mol. The van der Waals surface area contributed by atoms with Gasteiger partial charge in [0, 0.05) is 18.8 Å². The van der Waals surface area contributed by atoms with E-state index < -0.39 is 4.92 Å². The molecule has 0 aliphatic carbocycles. The van der Waals surface area contributed by atoms with E-state index >= 15 is 0 Å². The van der Waals surface area contributed by atoms with Gasteiger partial charge >= 0.3 is 5.69 Å². The highest BCUT2D eigenvalue weighted by atomic mass is 16.6. The van der Waals surface area contributed by atoms with Crippen LogP contribution in [0.25, 0.3) is 0 Å². The maximum Gasteiger partial charge on any atom is 0.353 e. The number of unbranched alkanes of at least 4 members (excludes halogenated alkanes) is 1. The molecule has 30 heavy (non-hydrogen) atoms. The van der Waals surface area contributed by atoms with E-state index in [4.69, 9.17) is 0 Å². The van der Waals surface area contributed by atoms with Gasteiger partial charge in [-0.05, 0) is 48.1 Å². The van der Waals surface area contributed by atoms with Crippen LogP contribution in [0.2, 0.25) is 0 Å². The fourth-order valence-corrected chi connectivity index (χ4v) is 3.81. The first-order valence-electron chi connectivity index (χ1n) is 10.3. The van der Waals surface area contributed by atoms with E-state index in [1.54, 1.807) is 0 Å². The summed E-state index contributed by atoms with van der Waals surface area (Å²) in [5, 5.41) is 15.1. The van der Waals surface area contributed by atoms with Crippen molar-refractivity contribution in [2.45, 2.75) is 39.2 Å². The van der Waals surface area contributed by atoms with Gasteiger partial charge in [-0.3, -0.25) is 10.1 Å². The number of hydrogen-bond acceptors (Lipinski definition) is 6. The van der Waals surface area contributed by atoms with E-state index in [1.807, 2.05) is 41.3 Å². The zero-order valence-electron chi connectivity index (χ0n) is 17.0. The van der Waals surface area contributed by atoms with E-state index in [0.717, 1.165) is 31.4 Å². The lowest BCUT2D eigenvalue weighted by molar-refractivity contribution is -0.383. The van der Waals surface area contributed by atoms with Gasteiger partial charge in [0.1, 0.15) is 6.33 Å². The summed E-state index contributed by atoms with van der Waals surface area (Å²) in [4.78, 5) is 22.0. The minimum atomic E-state index is -0.395. The number of anilines is 3. The number of fused-ring (bicyclic) bond motifs is 1. The van der Waals surface area contributed by atoms with Gasteiger partial charge in [-0.2, -0.15) is 0 Å². The molecule has 154 valence electrons. The van der Waals surface area contributed by atoms with Gasteiger partial charge < -0.3 is 10.2 Å². The van der Waals surface area contributed by atoms with E-state index in [1.165, 1.54) is 23.0 Å². The SMILES string of the molecule is CCCCc1ccc(Nc2ncnc(N3CCc4ccccc4C3)c2[N+](=O)[O-])cc1.